The smallest absolute Gasteiger partial charge is 0.319 e. The van der Waals surface area contributed by atoms with Gasteiger partial charge in [-0.25, -0.2) is 9.78 Å². The SMILES string of the molecule is CCC(Oc1ncc(Cl)cc1Cl)C(=O)NCc1cccc(NC(=O)NC2CCN(CC(C)(C)C(=O)O)C2)c1. The van der Waals surface area contributed by atoms with Gasteiger partial charge in [0.05, 0.1) is 10.4 Å². The fraction of sp³-hybridized carbons (Fsp3) is 0.462. The molecule has 12 heteroatoms. The number of nitrogens with one attached hydrogen (secondary N) is 3. The third-order valence-corrected chi connectivity index (χ3v) is 6.63. The van der Waals surface area contributed by atoms with Gasteiger partial charge in [-0.3, -0.25) is 9.59 Å². The summed E-state index contributed by atoms with van der Waals surface area (Å²) in [6.07, 6.45) is 1.75. The number of benzene rings is 1. The maximum Gasteiger partial charge on any atom is 0.319 e. The number of rotatable bonds is 11. The van der Waals surface area contributed by atoms with Gasteiger partial charge >= 0.3 is 12.0 Å². The summed E-state index contributed by atoms with van der Waals surface area (Å²) in [5, 5.41) is 18.5. The van der Waals surface area contributed by atoms with E-state index in [2.05, 4.69) is 20.9 Å². The monoisotopic (exact) mass is 565 g/mol. The second-order valence-corrected chi connectivity index (χ2v) is 10.7. The van der Waals surface area contributed by atoms with Crippen molar-refractivity contribution in [1.29, 1.82) is 0 Å². The number of amides is 3. The van der Waals surface area contributed by atoms with Gasteiger partial charge in [-0.1, -0.05) is 42.3 Å². The van der Waals surface area contributed by atoms with Crippen LogP contribution in [-0.2, 0) is 16.1 Å². The molecule has 3 rings (SSSR count). The Balaban J connectivity index is 1.48. The maximum atomic E-state index is 12.7. The van der Waals surface area contributed by atoms with Crippen LogP contribution in [0.5, 0.6) is 5.88 Å². The van der Waals surface area contributed by atoms with Crippen LogP contribution < -0.4 is 20.7 Å². The zero-order valence-corrected chi connectivity index (χ0v) is 23.1. The quantitative estimate of drug-likeness (QED) is 0.321. The fourth-order valence-corrected chi connectivity index (χ4v) is 4.51. The first-order valence-electron chi connectivity index (χ1n) is 12.3. The van der Waals surface area contributed by atoms with Crippen LogP contribution in [0.25, 0.3) is 0 Å². The predicted molar refractivity (Wildman–Crippen MR) is 146 cm³/mol. The standard InChI is InChI=1S/C26H33Cl2N5O5/c1-4-21(38-23-20(28)11-17(27)13-30-23)22(34)29-12-16-6-5-7-18(10-16)31-25(37)32-19-8-9-33(14-19)15-26(2,3)24(35)36/h5-7,10-11,13,19,21H,4,8-9,12,14-15H2,1-3H3,(H,29,34)(H,35,36)(H2,31,32,37). The van der Waals surface area contributed by atoms with Gasteiger partial charge in [0, 0.05) is 44.1 Å². The molecule has 0 saturated carbocycles. The van der Waals surface area contributed by atoms with E-state index >= 15 is 0 Å². The number of anilines is 1. The lowest BCUT2D eigenvalue weighted by Crippen LogP contribution is -2.42. The summed E-state index contributed by atoms with van der Waals surface area (Å²) in [4.78, 5) is 42.7. The first-order valence-corrected chi connectivity index (χ1v) is 13.1. The number of ether oxygens (including phenoxy) is 1. The molecule has 2 unspecified atom stereocenters. The molecular formula is C26H33Cl2N5O5. The third-order valence-electron chi connectivity index (χ3n) is 6.15. The Bertz CT molecular complexity index is 1160. The average Bonchev–Trinajstić information content (AvgIpc) is 3.27. The molecule has 0 bridgehead atoms. The predicted octanol–water partition coefficient (Wildman–Crippen LogP) is 4.17. The summed E-state index contributed by atoms with van der Waals surface area (Å²) >= 11 is 12.0. The van der Waals surface area contributed by atoms with Crippen molar-refractivity contribution in [2.45, 2.75) is 52.3 Å². The Morgan fingerprint density at radius 1 is 1.26 bits per heavy atom. The second-order valence-electron chi connectivity index (χ2n) is 9.88. The molecule has 38 heavy (non-hydrogen) atoms. The van der Waals surface area contributed by atoms with E-state index in [0.29, 0.717) is 30.2 Å². The van der Waals surface area contributed by atoms with Crippen molar-refractivity contribution in [3.05, 3.63) is 52.1 Å². The summed E-state index contributed by atoms with van der Waals surface area (Å²) < 4.78 is 5.67. The molecule has 0 spiro atoms. The molecule has 0 aliphatic carbocycles. The van der Waals surface area contributed by atoms with E-state index in [4.69, 9.17) is 27.9 Å². The number of carboxylic acid groups (broad SMARTS) is 1. The fourth-order valence-electron chi connectivity index (χ4n) is 4.08. The summed E-state index contributed by atoms with van der Waals surface area (Å²) in [7, 11) is 0. The van der Waals surface area contributed by atoms with Crippen molar-refractivity contribution in [2.24, 2.45) is 5.41 Å². The van der Waals surface area contributed by atoms with Crippen LogP contribution in [0.2, 0.25) is 10.0 Å². The van der Waals surface area contributed by atoms with Crippen molar-refractivity contribution in [2.75, 3.05) is 25.0 Å². The second kappa shape index (κ2) is 13.1. The number of halogens is 2. The molecule has 1 aromatic carbocycles. The Morgan fingerprint density at radius 3 is 2.71 bits per heavy atom. The van der Waals surface area contributed by atoms with E-state index in [1.807, 2.05) is 17.9 Å². The third kappa shape index (κ3) is 8.47. The van der Waals surface area contributed by atoms with Crippen molar-refractivity contribution in [1.82, 2.24) is 20.5 Å². The number of aromatic nitrogens is 1. The topological polar surface area (TPSA) is 133 Å². The lowest BCUT2D eigenvalue weighted by atomic mass is 9.93. The molecule has 1 aliphatic rings. The molecule has 2 heterocycles. The van der Waals surface area contributed by atoms with Crippen molar-refractivity contribution in [3.8, 4) is 5.88 Å². The van der Waals surface area contributed by atoms with Crippen LogP contribution in [0, 0.1) is 5.41 Å². The number of nitrogens with zero attached hydrogens (tertiary/aromatic N) is 2. The Kier molecular flexibility index (Phi) is 10.2. The zero-order chi connectivity index (χ0) is 27.9. The summed E-state index contributed by atoms with van der Waals surface area (Å²) in [5.74, 6) is -1.04. The number of likely N-dealkylation sites (tertiary alicyclic amines) is 1. The summed E-state index contributed by atoms with van der Waals surface area (Å²) in [6, 6.07) is 8.23. The number of hydrogen-bond donors (Lipinski definition) is 4. The average molecular weight is 566 g/mol. The molecule has 0 radical (unpaired) electrons. The van der Waals surface area contributed by atoms with Crippen molar-refractivity contribution in [3.63, 3.8) is 0 Å². The van der Waals surface area contributed by atoms with E-state index in [0.717, 1.165) is 18.5 Å². The lowest BCUT2D eigenvalue weighted by Gasteiger charge is -2.26. The van der Waals surface area contributed by atoms with E-state index in [1.54, 1.807) is 32.0 Å². The van der Waals surface area contributed by atoms with E-state index in [-0.39, 0.29) is 35.4 Å². The Labute approximate surface area is 232 Å². The molecule has 1 aliphatic heterocycles. The van der Waals surface area contributed by atoms with Crippen LogP contribution >= 0.6 is 23.2 Å². The van der Waals surface area contributed by atoms with Crippen molar-refractivity contribution < 1.29 is 24.2 Å². The molecule has 1 fully saturated rings. The number of carbonyl (C=O) groups is 3. The van der Waals surface area contributed by atoms with Gasteiger partial charge in [0.2, 0.25) is 5.88 Å². The highest BCUT2D eigenvalue weighted by Gasteiger charge is 2.33. The molecule has 206 valence electrons. The zero-order valence-electron chi connectivity index (χ0n) is 21.6. The number of hydrogen-bond acceptors (Lipinski definition) is 6. The van der Waals surface area contributed by atoms with Gasteiger partial charge in [0.15, 0.2) is 6.10 Å². The number of urea groups is 1. The van der Waals surface area contributed by atoms with Crippen LogP contribution in [-0.4, -0.2) is 64.7 Å². The largest absolute Gasteiger partial charge is 0.481 e. The van der Waals surface area contributed by atoms with Crippen LogP contribution in [0.4, 0.5) is 10.5 Å². The van der Waals surface area contributed by atoms with E-state index in [9.17, 15) is 19.5 Å². The number of carbonyl (C=O) groups excluding carboxylic acids is 2. The van der Waals surface area contributed by atoms with Gasteiger partial charge in [-0.2, -0.15) is 0 Å². The minimum atomic E-state index is -0.851. The highest BCUT2D eigenvalue weighted by Crippen LogP contribution is 2.26. The highest BCUT2D eigenvalue weighted by molar-refractivity contribution is 6.35. The van der Waals surface area contributed by atoms with Gasteiger partial charge in [-0.05, 0) is 50.5 Å². The molecule has 1 aromatic heterocycles. The van der Waals surface area contributed by atoms with Crippen LogP contribution in [0.3, 0.4) is 0 Å². The molecule has 1 saturated heterocycles. The number of carboxylic acids is 1. The first-order chi connectivity index (χ1) is 18.0. The van der Waals surface area contributed by atoms with Crippen LogP contribution in [0.15, 0.2) is 36.5 Å². The van der Waals surface area contributed by atoms with E-state index < -0.39 is 17.5 Å². The number of aliphatic carboxylic acids is 1. The molecule has 3 amide bonds. The first kappa shape index (κ1) is 29.5. The minimum absolute atomic E-state index is 0.0725. The maximum absolute atomic E-state index is 12.7. The molecule has 2 aromatic rings. The molecular weight excluding hydrogens is 533 g/mol. The van der Waals surface area contributed by atoms with Gasteiger partial charge in [0.25, 0.3) is 5.91 Å². The number of pyridine rings is 1. The van der Waals surface area contributed by atoms with Gasteiger partial charge < -0.3 is 30.7 Å². The lowest BCUT2D eigenvalue weighted by molar-refractivity contribution is -0.147. The molecule has 10 nitrogen and oxygen atoms in total. The Morgan fingerprint density at radius 2 is 2.03 bits per heavy atom. The van der Waals surface area contributed by atoms with Crippen LogP contribution in [0.1, 0.15) is 39.2 Å². The molecule has 4 N–H and O–H groups in total. The molecule has 2 atom stereocenters. The highest BCUT2D eigenvalue weighted by atomic mass is 35.5. The summed E-state index contributed by atoms with van der Waals surface area (Å²) in [6.45, 7) is 7.17. The Hall–Kier alpha value is -3.08. The van der Waals surface area contributed by atoms with E-state index in [1.165, 1.54) is 12.3 Å². The normalized spacial score (nSPS) is 16.5. The summed E-state index contributed by atoms with van der Waals surface area (Å²) in [5.41, 5.74) is 0.518. The van der Waals surface area contributed by atoms with Crippen molar-refractivity contribution >= 4 is 46.8 Å². The van der Waals surface area contributed by atoms with Gasteiger partial charge in [0.1, 0.15) is 5.02 Å². The van der Waals surface area contributed by atoms with Gasteiger partial charge in [-0.15, -0.1) is 0 Å². The minimum Gasteiger partial charge on any atom is -0.481 e.